The van der Waals surface area contributed by atoms with Crippen LogP contribution in [-0.4, -0.2) is 20.4 Å². The maximum Gasteiger partial charge on any atom is 0.188 e. The first kappa shape index (κ1) is 15.0. The van der Waals surface area contributed by atoms with E-state index in [-0.39, 0.29) is 0 Å². The smallest absolute Gasteiger partial charge is 0.188 e. The lowest BCUT2D eigenvalue weighted by atomic mass is 10.0. The predicted molar refractivity (Wildman–Crippen MR) is 75.0 cm³/mol. The maximum atomic E-state index is 5.58. The topological polar surface area (TPSA) is 44.5 Å². The highest BCUT2D eigenvalue weighted by Crippen LogP contribution is 2.25. The molecule has 1 rings (SSSR count). The van der Waals surface area contributed by atoms with Crippen molar-refractivity contribution in [2.45, 2.75) is 39.5 Å². The molecule has 0 heterocycles. The number of benzene rings is 1. The van der Waals surface area contributed by atoms with Crippen molar-refractivity contribution in [3.05, 3.63) is 28.8 Å². The Bertz CT molecular complexity index is 341. The van der Waals surface area contributed by atoms with E-state index in [2.05, 4.69) is 26.0 Å². The summed E-state index contributed by atoms with van der Waals surface area (Å²) in [5, 5.41) is 0. The number of hydrogen-bond donors (Lipinski definition) is 1. The quantitative estimate of drug-likeness (QED) is 0.570. The van der Waals surface area contributed by atoms with Gasteiger partial charge < -0.3 is 15.2 Å². The van der Waals surface area contributed by atoms with Crippen LogP contribution in [0.25, 0.3) is 0 Å². The molecule has 1 aromatic carbocycles. The summed E-state index contributed by atoms with van der Waals surface area (Å²) >= 11 is 0. The van der Waals surface area contributed by atoms with Crippen molar-refractivity contribution in [1.29, 1.82) is 0 Å². The van der Waals surface area contributed by atoms with Crippen molar-refractivity contribution in [3.8, 4) is 5.75 Å². The Hall–Kier alpha value is -1.06. The summed E-state index contributed by atoms with van der Waals surface area (Å²) in [6.45, 7) is 5.27. The SMILES string of the molecule is COCOc1c(C)cc(CCCCCN)cc1C. The first-order chi connectivity index (χ1) is 8.69. The molecule has 3 nitrogen and oxygen atoms in total. The van der Waals surface area contributed by atoms with E-state index in [0.717, 1.165) is 25.1 Å². The molecule has 0 spiro atoms. The fraction of sp³-hybridized carbons (Fsp3) is 0.600. The van der Waals surface area contributed by atoms with Crippen LogP contribution in [0.1, 0.15) is 36.0 Å². The third-order valence-electron chi connectivity index (χ3n) is 3.01. The Balaban J connectivity index is 2.61. The number of unbranched alkanes of at least 4 members (excludes halogenated alkanes) is 2. The van der Waals surface area contributed by atoms with Gasteiger partial charge in [0.1, 0.15) is 5.75 Å². The molecule has 0 radical (unpaired) electrons. The number of aryl methyl sites for hydroxylation is 3. The summed E-state index contributed by atoms with van der Waals surface area (Å²) in [5.41, 5.74) is 9.24. The summed E-state index contributed by atoms with van der Waals surface area (Å²) < 4.78 is 10.5. The van der Waals surface area contributed by atoms with Crippen molar-refractivity contribution in [1.82, 2.24) is 0 Å². The molecule has 0 saturated carbocycles. The first-order valence-electron chi connectivity index (χ1n) is 6.61. The lowest BCUT2D eigenvalue weighted by molar-refractivity contribution is 0.0501. The molecule has 0 aliphatic carbocycles. The Morgan fingerprint density at radius 1 is 1.06 bits per heavy atom. The molecule has 0 aliphatic heterocycles. The van der Waals surface area contributed by atoms with Crippen molar-refractivity contribution in [3.63, 3.8) is 0 Å². The average molecular weight is 251 g/mol. The van der Waals surface area contributed by atoms with E-state index in [4.69, 9.17) is 15.2 Å². The van der Waals surface area contributed by atoms with Gasteiger partial charge in [-0.2, -0.15) is 0 Å². The highest BCUT2D eigenvalue weighted by Gasteiger charge is 2.06. The van der Waals surface area contributed by atoms with E-state index >= 15 is 0 Å². The van der Waals surface area contributed by atoms with Crippen LogP contribution < -0.4 is 10.5 Å². The van der Waals surface area contributed by atoms with Gasteiger partial charge in [-0.15, -0.1) is 0 Å². The Morgan fingerprint density at radius 2 is 1.72 bits per heavy atom. The molecule has 0 unspecified atom stereocenters. The number of ether oxygens (including phenoxy) is 2. The molecule has 0 fully saturated rings. The second-order valence-corrected chi connectivity index (χ2v) is 4.71. The van der Waals surface area contributed by atoms with E-state index in [9.17, 15) is 0 Å². The zero-order valence-corrected chi connectivity index (χ0v) is 11.8. The molecule has 0 atom stereocenters. The third kappa shape index (κ3) is 4.67. The van der Waals surface area contributed by atoms with Gasteiger partial charge in [-0.05, 0) is 56.3 Å². The normalized spacial score (nSPS) is 10.7. The molecule has 0 saturated heterocycles. The minimum atomic E-state index is 0.303. The van der Waals surface area contributed by atoms with Gasteiger partial charge in [0.2, 0.25) is 0 Å². The molecule has 102 valence electrons. The number of nitrogens with two attached hydrogens (primary N) is 1. The Labute approximate surface area is 110 Å². The zero-order chi connectivity index (χ0) is 13.4. The maximum absolute atomic E-state index is 5.58. The monoisotopic (exact) mass is 251 g/mol. The fourth-order valence-corrected chi connectivity index (χ4v) is 2.18. The molecule has 3 heteroatoms. The first-order valence-corrected chi connectivity index (χ1v) is 6.61. The van der Waals surface area contributed by atoms with Gasteiger partial charge in [0, 0.05) is 7.11 Å². The van der Waals surface area contributed by atoms with Crippen LogP contribution in [0.15, 0.2) is 12.1 Å². The molecule has 0 aliphatic rings. The average Bonchev–Trinajstić information content (AvgIpc) is 2.34. The molecule has 0 amide bonds. The van der Waals surface area contributed by atoms with E-state index in [0.29, 0.717) is 6.79 Å². The highest BCUT2D eigenvalue weighted by atomic mass is 16.7. The van der Waals surface area contributed by atoms with Crippen LogP contribution in [0.2, 0.25) is 0 Å². The van der Waals surface area contributed by atoms with Gasteiger partial charge in [0.15, 0.2) is 6.79 Å². The molecular weight excluding hydrogens is 226 g/mol. The van der Waals surface area contributed by atoms with Gasteiger partial charge in [-0.25, -0.2) is 0 Å². The summed E-state index contributed by atoms with van der Waals surface area (Å²) in [4.78, 5) is 0. The number of rotatable bonds is 8. The lowest BCUT2D eigenvalue weighted by Crippen LogP contribution is -2.03. The Morgan fingerprint density at radius 3 is 2.28 bits per heavy atom. The molecule has 2 N–H and O–H groups in total. The van der Waals surface area contributed by atoms with Gasteiger partial charge in [0.25, 0.3) is 0 Å². The minimum Gasteiger partial charge on any atom is -0.467 e. The second-order valence-electron chi connectivity index (χ2n) is 4.71. The van der Waals surface area contributed by atoms with Gasteiger partial charge in [-0.3, -0.25) is 0 Å². The van der Waals surface area contributed by atoms with Crippen LogP contribution in [-0.2, 0) is 11.2 Å². The van der Waals surface area contributed by atoms with E-state index in [1.54, 1.807) is 7.11 Å². The standard InChI is InChI=1S/C15H25NO2/c1-12-9-14(7-5-4-6-8-16)10-13(2)15(12)18-11-17-3/h9-10H,4-8,11,16H2,1-3H3. The van der Waals surface area contributed by atoms with Crippen LogP contribution >= 0.6 is 0 Å². The number of hydrogen-bond acceptors (Lipinski definition) is 3. The zero-order valence-electron chi connectivity index (χ0n) is 11.8. The van der Waals surface area contributed by atoms with Gasteiger partial charge in [0.05, 0.1) is 0 Å². The number of methoxy groups -OCH3 is 1. The van der Waals surface area contributed by atoms with E-state index in [1.165, 1.54) is 29.5 Å². The summed E-state index contributed by atoms with van der Waals surface area (Å²) in [6, 6.07) is 4.42. The molecule has 18 heavy (non-hydrogen) atoms. The summed E-state index contributed by atoms with van der Waals surface area (Å²) in [5.74, 6) is 0.947. The lowest BCUT2D eigenvalue weighted by Gasteiger charge is -2.13. The molecule has 1 aromatic rings. The van der Waals surface area contributed by atoms with Gasteiger partial charge in [-0.1, -0.05) is 18.6 Å². The van der Waals surface area contributed by atoms with Crippen LogP contribution in [0.3, 0.4) is 0 Å². The van der Waals surface area contributed by atoms with Crippen molar-refractivity contribution >= 4 is 0 Å². The van der Waals surface area contributed by atoms with Gasteiger partial charge >= 0.3 is 0 Å². The van der Waals surface area contributed by atoms with E-state index < -0.39 is 0 Å². The highest BCUT2D eigenvalue weighted by molar-refractivity contribution is 5.43. The summed E-state index contributed by atoms with van der Waals surface area (Å²) in [6.07, 6.45) is 4.64. The molecule has 0 aromatic heterocycles. The summed E-state index contributed by atoms with van der Waals surface area (Å²) in [7, 11) is 1.64. The largest absolute Gasteiger partial charge is 0.467 e. The van der Waals surface area contributed by atoms with Crippen molar-refractivity contribution < 1.29 is 9.47 Å². The van der Waals surface area contributed by atoms with Crippen LogP contribution in [0, 0.1) is 13.8 Å². The van der Waals surface area contributed by atoms with Crippen molar-refractivity contribution in [2.24, 2.45) is 5.73 Å². The fourth-order valence-electron chi connectivity index (χ4n) is 2.18. The van der Waals surface area contributed by atoms with Crippen LogP contribution in [0.5, 0.6) is 5.75 Å². The van der Waals surface area contributed by atoms with E-state index in [1.807, 2.05) is 0 Å². The van der Waals surface area contributed by atoms with Crippen molar-refractivity contribution in [2.75, 3.05) is 20.4 Å². The predicted octanol–water partition coefficient (Wildman–Crippen LogP) is 2.96. The van der Waals surface area contributed by atoms with Crippen LogP contribution in [0.4, 0.5) is 0 Å². The molecular formula is C15H25NO2. The molecule has 0 bridgehead atoms. The third-order valence-corrected chi connectivity index (χ3v) is 3.01. The minimum absolute atomic E-state index is 0.303. The Kier molecular flexibility index (Phi) is 6.76. The second kappa shape index (κ2) is 8.11.